The Morgan fingerprint density at radius 1 is 1.15 bits per heavy atom. The normalized spacial score (nSPS) is 15.3. The van der Waals surface area contributed by atoms with Crippen molar-refractivity contribution in [1.29, 1.82) is 0 Å². The van der Waals surface area contributed by atoms with Crippen LogP contribution >= 0.6 is 22.9 Å². The number of carboxylic acid groups (broad SMARTS) is 1. The van der Waals surface area contributed by atoms with Gasteiger partial charge in [-0.2, -0.15) is 0 Å². The van der Waals surface area contributed by atoms with E-state index in [2.05, 4.69) is 4.99 Å². The Hall–Kier alpha value is -4.21. The summed E-state index contributed by atoms with van der Waals surface area (Å²) in [5.41, 5.74) is 1.84. The van der Waals surface area contributed by atoms with E-state index in [0.29, 0.717) is 42.7 Å². The molecule has 1 unspecified atom stereocenters. The topological polar surface area (TPSA) is 111 Å². The maximum absolute atomic E-state index is 13.7. The molecule has 3 heterocycles. The van der Waals surface area contributed by atoms with E-state index in [9.17, 15) is 19.5 Å². The van der Waals surface area contributed by atoms with Gasteiger partial charge in [0.1, 0.15) is 11.5 Å². The fraction of sp³-hybridized carbons (Fsp3) is 0.172. The number of thiazole rings is 1. The van der Waals surface area contributed by atoms with Crippen LogP contribution in [0, 0.1) is 0 Å². The predicted octanol–water partition coefficient (Wildman–Crippen LogP) is 4.80. The van der Waals surface area contributed by atoms with Crippen LogP contribution in [0.2, 0.25) is 5.02 Å². The molecular formula is C29H23ClN2O6S. The number of benzene rings is 2. The van der Waals surface area contributed by atoms with Gasteiger partial charge < -0.3 is 14.3 Å². The van der Waals surface area contributed by atoms with Crippen molar-refractivity contribution >= 4 is 41.0 Å². The first-order chi connectivity index (χ1) is 18.6. The Balaban J connectivity index is 1.61. The zero-order valence-corrected chi connectivity index (χ0v) is 22.7. The van der Waals surface area contributed by atoms with Crippen LogP contribution in [0.4, 0.5) is 0 Å². The summed E-state index contributed by atoms with van der Waals surface area (Å²) in [4.78, 5) is 43.2. The van der Waals surface area contributed by atoms with Gasteiger partial charge in [-0.1, -0.05) is 47.2 Å². The average molecular weight is 563 g/mol. The number of halogens is 1. The number of furan rings is 1. The van der Waals surface area contributed by atoms with Crippen molar-refractivity contribution in [3.05, 3.63) is 114 Å². The molecule has 1 aliphatic heterocycles. The smallest absolute Gasteiger partial charge is 0.338 e. The number of nitrogens with zero attached hydrogens (tertiary/aromatic N) is 2. The lowest BCUT2D eigenvalue weighted by Crippen LogP contribution is -2.40. The minimum atomic E-state index is -1.04. The van der Waals surface area contributed by atoms with E-state index in [-0.39, 0.29) is 22.8 Å². The molecular weight excluding hydrogens is 540 g/mol. The molecule has 0 saturated heterocycles. The van der Waals surface area contributed by atoms with E-state index in [1.807, 2.05) is 0 Å². The summed E-state index contributed by atoms with van der Waals surface area (Å²) >= 11 is 7.29. The van der Waals surface area contributed by atoms with Gasteiger partial charge in [0.15, 0.2) is 4.80 Å². The number of hydrogen-bond donors (Lipinski definition) is 1. The molecule has 5 rings (SSSR count). The number of carbonyl (C=O) groups excluding carboxylic acids is 1. The van der Waals surface area contributed by atoms with Crippen LogP contribution in [-0.2, 0) is 9.53 Å². The molecule has 0 saturated carbocycles. The number of aromatic carboxylic acids is 1. The lowest BCUT2D eigenvalue weighted by Gasteiger charge is -2.25. The molecule has 0 bridgehead atoms. The van der Waals surface area contributed by atoms with E-state index < -0.39 is 18.0 Å². The van der Waals surface area contributed by atoms with E-state index in [1.54, 1.807) is 75.4 Å². The van der Waals surface area contributed by atoms with Gasteiger partial charge in [0.05, 0.1) is 33.5 Å². The summed E-state index contributed by atoms with van der Waals surface area (Å²) in [6.07, 6.45) is 1.26. The first-order valence-corrected chi connectivity index (χ1v) is 13.2. The standard InChI is InChI=1S/C29H23ClN2O6S/c1-15(2)37-28(36)24-16(3)31-29-32(25(24)17-7-9-20(30)10-8-17)26(33)23(39-29)14-21-11-12-22(38-21)18-5-4-6-19(13-18)27(34)35/h4-15,25H,1-3H3,(H,34,35). The predicted molar refractivity (Wildman–Crippen MR) is 148 cm³/mol. The monoisotopic (exact) mass is 562 g/mol. The second kappa shape index (κ2) is 10.5. The van der Waals surface area contributed by atoms with E-state index in [1.165, 1.54) is 28.0 Å². The van der Waals surface area contributed by atoms with Crippen LogP contribution in [0.15, 0.2) is 86.1 Å². The van der Waals surface area contributed by atoms with Crippen LogP contribution < -0.4 is 14.9 Å². The number of esters is 1. The fourth-order valence-corrected chi connectivity index (χ4v) is 5.49. The zero-order chi connectivity index (χ0) is 27.8. The quantitative estimate of drug-likeness (QED) is 0.338. The largest absolute Gasteiger partial charge is 0.478 e. The molecule has 0 radical (unpaired) electrons. The SMILES string of the molecule is CC1=C(C(=O)OC(C)C)C(c2ccc(Cl)cc2)n2c(sc(=Cc3ccc(-c4cccc(C(=O)O)c4)o3)c2=O)=N1. The Morgan fingerprint density at radius 2 is 1.90 bits per heavy atom. The molecule has 0 spiro atoms. The van der Waals surface area contributed by atoms with Crippen molar-refractivity contribution in [2.45, 2.75) is 32.9 Å². The van der Waals surface area contributed by atoms with Gasteiger partial charge in [-0.3, -0.25) is 9.36 Å². The van der Waals surface area contributed by atoms with Crippen molar-refractivity contribution in [2.75, 3.05) is 0 Å². The highest BCUT2D eigenvalue weighted by Gasteiger charge is 2.33. The molecule has 4 aromatic rings. The molecule has 2 aromatic carbocycles. The summed E-state index contributed by atoms with van der Waals surface area (Å²) in [6, 6.07) is 16.0. The first kappa shape index (κ1) is 26.4. The van der Waals surface area contributed by atoms with Crippen molar-refractivity contribution in [3.8, 4) is 11.3 Å². The van der Waals surface area contributed by atoms with Crippen LogP contribution in [0.3, 0.4) is 0 Å². The Kier molecular flexibility index (Phi) is 7.12. The Labute approximate surface area is 231 Å². The molecule has 1 N–H and O–H groups in total. The molecule has 1 aliphatic rings. The van der Waals surface area contributed by atoms with Gasteiger partial charge in [-0.25, -0.2) is 14.6 Å². The van der Waals surface area contributed by atoms with Gasteiger partial charge in [-0.15, -0.1) is 0 Å². The van der Waals surface area contributed by atoms with E-state index in [4.69, 9.17) is 20.8 Å². The number of rotatable bonds is 6. The van der Waals surface area contributed by atoms with E-state index in [0.717, 1.165) is 0 Å². The molecule has 1 atom stereocenters. The summed E-state index contributed by atoms with van der Waals surface area (Å²) in [5.74, 6) is -0.702. The molecule has 8 nitrogen and oxygen atoms in total. The zero-order valence-electron chi connectivity index (χ0n) is 21.2. The van der Waals surface area contributed by atoms with Crippen molar-refractivity contribution in [3.63, 3.8) is 0 Å². The van der Waals surface area contributed by atoms with Crippen molar-refractivity contribution in [1.82, 2.24) is 4.57 Å². The van der Waals surface area contributed by atoms with E-state index >= 15 is 0 Å². The highest BCUT2D eigenvalue weighted by Crippen LogP contribution is 2.31. The summed E-state index contributed by atoms with van der Waals surface area (Å²) in [5, 5.41) is 9.81. The number of carboxylic acids is 1. The lowest BCUT2D eigenvalue weighted by molar-refractivity contribution is -0.143. The summed E-state index contributed by atoms with van der Waals surface area (Å²) in [6.45, 7) is 5.24. The van der Waals surface area contributed by atoms with Crippen molar-refractivity contribution < 1.29 is 23.8 Å². The molecule has 2 aromatic heterocycles. The molecule has 0 amide bonds. The molecule has 0 fully saturated rings. The second-order valence-corrected chi connectivity index (χ2v) is 10.6. The third kappa shape index (κ3) is 5.23. The summed E-state index contributed by atoms with van der Waals surface area (Å²) in [7, 11) is 0. The minimum Gasteiger partial charge on any atom is -0.478 e. The van der Waals surface area contributed by atoms with Gasteiger partial charge in [0.2, 0.25) is 0 Å². The maximum Gasteiger partial charge on any atom is 0.338 e. The van der Waals surface area contributed by atoms with Gasteiger partial charge >= 0.3 is 11.9 Å². The van der Waals surface area contributed by atoms with Crippen LogP contribution in [0.5, 0.6) is 0 Å². The lowest BCUT2D eigenvalue weighted by atomic mass is 9.96. The number of carbonyl (C=O) groups is 2. The van der Waals surface area contributed by atoms with Crippen LogP contribution in [0.1, 0.15) is 48.5 Å². The summed E-state index contributed by atoms with van der Waals surface area (Å²) < 4.78 is 13.3. The average Bonchev–Trinajstić information content (AvgIpc) is 3.48. The fourth-order valence-electron chi connectivity index (χ4n) is 4.34. The molecule has 39 heavy (non-hydrogen) atoms. The number of fused-ring (bicyclic) bond motifs is 1. The highest BCUT2D eigenvalue weighted by atomic mass is 35.5. The minimum absolute atomic E-state index is 0.142. The first-order valence-electron chi connectivity index (χ1n) is 12.0. The number of allylic oxidation sites excluding steroid dienone is 1. The highest BCUT2D eigenvalue weighted by molar-refractivity contribution is 7.07. The molecule has 10 heteroatoms. The third-order valence-electron chi connectivity index (χ3n) is 6.06. The van der Waals surface area contributed by atoms with Gasteiger partial charge in [0, 0.05) is 16.7 Å². The number of aromatic nitrogens is 1. The van der Waals surface area contributed by atoms with Gasteiger partial charge in [-0.05, 0) is 62.7 Å². The Morgan fingerprint density at radius 3 is 2.59 bits per heavy atom. The van der Waals surface area contributed by atoms with Gasteiger partial charge in [0.25, 0.3) is 5.56 Å². The van der Waals surface area contributed by atoms with Crippen LogP contribution in [0.25, 0.3) is 17.4 Å². The maximum atomic E-state index is 13.7. The molecule has 198 valence electrons. The third-order valence-corrected chi connectivity index (χ3v) is 7.30. The number of ether oxygens (including phenoxy) is 1. The van der Waals surface area contributed by atoms with Crippen LogP contribution in [-0.4, -0.2) is 27.7 Å². The number of hydrogen-bond acceptors (Lipinski definition) is 7. The molecule has 0 aliphatic carbocycles. The van der Waals surface area contributed by atoms with Crippen molar-refractivity contribution in [2.24, 2.45) is 4.99 Å². The second-order valence-electron chi connectivity index (χ2n) is 9.18. The Bertz CT molecular complexity index is 1810.